The van der Waals surface area contributed by atoms with E-state index in [1.54, 1.807) is 12.1 Å². The molecule has 0 saturated heterocycles. The van der Waals surface area contributed by atoms with Crippen molar-refractivity contribution in [1.29, 1.82) is 0 Å². The fraction of sp³-hybridized carbons (Fsp3) is 0.200. The lowest BCUT2D eigenvalue weighted by molar-refractivity contribution is -0.117. The molecular weight excluding hydrogens is 300 g/mol. The Morgan fingerprint density at radius 3 is 2.35 bits per heavy atom. The Morgan fingerprint density at radius 2 is 1.74 bits per heavy atom. The van der Waals surface area contributed by atoms with Crippen molar-refractivity contribution in [3.05, 3.63) is 56.9 Å². The molecule has 0 spiro atoms. The van der Waals surface area contributed by atoms with Crippen LogP contribution in [0.1, 0.15) is 23.2 Å². The largest absolute Gasteiger partial charge is 0.326 e. The molecule has 8 nitrogen and oxygen atoms in total. The quantitative estimate of drug-likeness (QED) is 0.662. The second kappa shape index (κ2) is 5.91. The van der Waals surface area contributed by atoms with Gasteiger partial charge in [0.1, 0.15) is 5.69 Å². The number of nitrogens with one attached hydrogen (secondary N) is 4. The minimum atomic E-state index is -0.685. The van der Waals surface area contributed by atoms with Gasteiger partial charge in [0.2, 0.25) is 5.91 Å². The van der Waals surface area contributed by atoms with Gasteiger partial charge in [-0.2, -0.15) is 0 Å². The molecule has 1 heterocycles. The zero-order valence-electron chi connectivity index (χ0n) is 12.0. The fourth-order valence-electron chi connectivity index (χ4n) is 1.99. The normalized spacial score (nSPS) is 13.4. The summed E-state index contributed by atoms with van der Waals surface area (Å²) < 4.78 is 0. The Hall–Kier alpha value is -3.16. The molecule has 1 aliphatic rings. The van der Waals surface area contributed by atoms with Gasteiger partial charge in [-0.15, -0.1) is 0 Å². The minimum absolute atomic E-state index is 0.0121. The van der Waals surface area contributed by atoms with Crippen molar-refractivity contribution >= 4 is 23.2 Å². The molecule has 3 rings (SSSR count). The van der Waals surface area contributed by atoms with Crippen molar-refractivity contribution in [3.8, 4) is 0 Å². The number of H-pyrrole nitrogens is 2. The first-order valence-corrected chi connectivity index (χ1v) is 7.07. The number of hydrogen-bond donors (Lipinski definition) is 4. The van der Waals surface area contributed by atoms with E-state index in [4.69, 9.17) is 0 Å². The summed E-state index contributed by atoms with van der Waals surface area (Å²) in [6.07, 6.45) is 2.96. The number of amides is 2. The Labute approximate surface area is 129 Å². The van der Waals surface area contributed by atoms with Gasteiger partial charge in [-0.3, -0.25) is 19.4 Å². The van der Waals surface area contributed by atoms with Gasteiger partial charge in [-0.1, -0.05) is 0 Å². The van der Waals surface area contributed by atoms with E-state index >= 15 is 0 Å². The molecule has 0 radical (unpaired) electrons. The number of carbonyl (C=O) groups excluding carboxylic acids is 2. The average molecular weight is 314 g/mol. The van der Waals surface area contributed by atoms with Crippen LogP contribution in [0.2, 0.25) is 0 Å². The molecule has 1 aromatic carbocycles. The molecule has 2 amide bonds. The van der Waals surface area contributed by atoms with Crippen LogP contribution in [0.25, 0.3) is 0 Å². The molecular formula is C15H14N4O4. The van der Waals surface area contributed by atoms with Gasteiger partial charge in [0.15, 0.2) is 0 Å². The molecule has 23 heavy (non-hydrogen) atoms. The van der Waals surface area contributed by atoms with Crippen LogP contribution in [0.15, 0.2) is 40.1 Å². The zero-order chi connectivity index (χ0) is 16.4. The number of aromatic amines is 2. The minimum Gasteiger partial charge on any atom is -0.326 e. The smallest absolute Gasteiger partial charge is 0.325 e. The molecule has 8 heteroatoms. The van der Waals surface area contributed by atoms with E-state index in [2.05, 4.69) is 15.6 Å². The number of rotatable bonds is 4. The van der Waals surface area contributed by atoms with Gasteiger partial charge in [0, 0.05) is 23.4 Å². The lowest BCUT2D eigenvalue weighted by Crippen LogP contribution is -2.26. The van der Waals surface area contributed by atoms with Crippen molar-refractivity contribution in [2.75, 3.05) is 10.6 Å². The van der Waals surface area contributed by atoms with Crippen LogP contribution in [-0.2, 0) is 4.79 Å². The van der Waals surface area contributed by atoms with Crippen molar-refractivity contribution in [2.24, 2.45) is 5.92 Å². The van der Waals surface area contributed by atoms with Gasteiger partial charge in [0.25, 0.3) is 11.5 Å². The van der Waals surface area contributed by atoms with Crippen LogP contribution >= 0.6 is 0 Å². The topological polar surface area (TPSA) is 124 Å². The van der Waals surface area contributed by atoms with Crippen LogP contribution in [0, 0.1) is 5.92 Å². The summed E-state index contributed by atoms with van der Waals surface area (Å²) in [4.78, 5) is 50.4. The third-order valence-corrected chi connectivity index (χ3v) is 3.43. The van der Waals surface area contributed by atoms with Crippen molar-refractivity contribution in [2.45, 2.75) is 12.8 Å². The van der Waals surface area contributed by atoms with Crippen LogP contribution in [0.5, 0.6) is 0 Å². The first kappa shape index (κ1) is 14.8. The van der Waals surface area contributed by atoms with Crippen molar-refractivity contribution < 1.29 is 9.59 Å². The molecule has 1 aromatic heterocycles. The van der Waals surface area contributed by atoms with Gasteiger partial charge in [-0.05, 0) is 37.1 Å². The lowest BCUT2D eigenvalue weighted by Gasteiger charge is -2.06. The number of aromatic nitrogens is 2. The summed E-state index contributed by atoms with van der Waals surface area (Å²) in [6, 6.07) is 6.31. The molecule has 0 aliphatic heterocycles. The molecule has 0 unspecified atom stereocenters. The van der Waals surface area contributed by atoms with Crippen molar-refractivity contribution in [3.63, 3.8) is 0 Å². The molecule has 2 aromatic rings. The molecule has 0 atom stereocenters. The van der Waals surface area contributed by atoms with E-state index in [-0.39, 0.29) is 17.5 Å². The summed E-state index contributed by atoms with van der Waals surface area (Å²) in [6.45, 7) is 0. The lowest BCUT2D eigenvalue weighted by atomic mass is 10.2. The highest BCUT2D eigenvalue weighted by atomic mass is 16.2. The molecule has 1 fully saturated rings. The van der Waals surface area contributed by atoms with E-state index in [1.807, 2.05) is 4.98 Å². The van der Waals surface area contributed by atoms with Crippen LogP contribution in [0.3, 0.4) is 0 Å². The van der Waals surface area contributed by atoms with E-state index in [9.17, 15) is 19.2 Å². The highest BCUT2D eigenvalue weighted by Crippen LogP contribution is 2.30. The molecule has 1 aliphatic carbocycles. The Kier molecular flexibility index (Phi) is 3.80. The van der Waals surface area contributed by atoms with Crippen LogP contribution in [-0.4, -0.2) is 21.8 Å². The van der Waals surface area contributed by atoms with Crippen molar-refractivity contribution in [1.82, 2.24) is 9.97 Å². The van der Waals surface area contributed by atoms with Crippen LogP contribution in [0.4, 0.5) is 11.4 Å². The maximum atomic E-state index is 12.1. The van der Waals surface area contributed by atoms with Gasteiger partial charge >= 0.3 is 5.69 Å². The number of hydrogen-bond acceptors (Lipinski definition) is 4. The monoisotopic (exact) mass is 314 g/mol. The predicted molar refractivity (Wildman–Crippen MR) is 83.4 cm³/mol. The van der Waals surface area contributed by atoms with Gasteiger partial charge < -0.3 is 15.6 Å². The third kappa shape index (κ3) is 3.54. The second-order valence-electron chi connectivity index (χ2n) is 5.28. The molecule has 0 bridgehead atoms. The summed E-state index contributed by atoms with van der Waals surface area (Å²) in [5.41, 5.74) is -0.458. The number of carbonyl (C=O) groups is 2. The first-order chi connectivity index (χ1) is 11.0. The van der Waals surface area contributed by atoms with Crippen LogP contribution < -0.4 is 21.9 Å². The van der Waals surface area contributed by atoms with E-state index < -0.39 is 17.2 Å². The predicted octanol–water partition coefficient (Wildman–Crippen LogP) is 0.664. The molecule has 4 N–H and O–H groups in total. The summed E-state index contributed by atoms with van der Waals surface area (Å²) in [5.74, 6) is -0.408. The number of anilines is 2. The highest BCUT2D eigenvalue weighted by Gasteiger charge is 2.29. The van der Waals surface area contributed by atoms with Gasteiger partial charge in [0.05, 0.1) is 0 Å². The van der Waals surface area contributed by atoms with E-state index in [1.165, 1.54) is 12.1 Å². The Balaban J connectivity index is 1.68. The Bertz CT molecular complexity index is 862. The Morgan fingerprint density at radius 1 is 1.04 bits per heavy atom. The molecule has 118 valence electrons. The van der Waals surface area contributed by atoms with Gasteiger partial charge in [-0.25, -0.2) is 4.79 Å². The second-order valence-corrected chi connectivity index (χ2v) is 5.28. The number of benzene rings is 1. The third-order valence-electron chi connectivity index (χ3n) is 3.43. The summed E-state index contributed by atoms with van der Waals surface area (Å²) in [5, 5.41) is 5.17. The maximum Gasteiger partial charge on any atom is 0.325 e. The first-order valence-electron chi connectivity index (χ1n) is 7.07. The standard InChI is InChI=1S/C15H14N4O4/c20-12(8-1-2-8)17-10-5-3-9(4-6-10)13(21)18-11-7-16-15(23)19-14(11)22/h3-8H,1-2H2,(H,17,20)(H,18,21)(H2,16,19,22,23). The summed E-state index contributed by atoms with van der Waals surface area (Å²) in [7, 11) is 0. The zero-order valence-corrected chi connectivity index (χ0v) is 12.0. The van der Waals surface area contributed by atoms with E-state index in [0.717, 1.165) is 19.0 Å². The SMILES string of the molecule is O=C(Nc1c[nH]c(=O)[nH]c1=O)c1ccc(NC(=O)C2CC2)cc1. The van der Waals surface area contributed by atoms with E-state index in [0.29, 0.717) is 11.3 Å². The highest BCUT2D eigenvalue weighted by molar-refractivity contribution is 6.04. The fourth-order valence-corrected chi connectivity index (χ4v) is 1.99. The average Bonchev–Trinajstić information content (AvgIpc) is 3.35. The summed E-state index contributed by atoms with van der Waals surface area (Å²) >= 11 is 0. The maximum absolute atomic E-state index is 12.1. The molecule has 1 saturated carbocycles.